The van der Waals surface area contributed by atoms with Gasteiger partial charge < -0.3 is 15.3 Å². The maximum atomic E-state index is 14.9. The Balaban J connectivity index is 1.52. The Morgan fingerprint density at radius 3 is 2.61 bits per heavy atom. The van der Waals surface area contributed by atoms with Crippen molar-refractivity contribution in [3.63, 3.8) is 0 Å². The molecule has 0 bridgehead atoms. The Hall–Kier alpha value is -3.81. The number of sulfonamides is 1. The predicted molar refractivity (Wildman–Crippen MR) is 127 cm³/mol. The van der Waals surface area contributed by atoms with Crippen molar-refractivity contribution in [3.8, 4) is 0 Å². The van der Waals surface area contributed by atoms with E-state index >= 15 is 0 Å². The number of rotatable bonds is 7. The van der Waals surface area contributed by atoms with Gasteiger partial charge in [-0.05, 0) is 31.4 Å². The Morgan fingerprint density at radius 1 is 1.22 bits per heavy atom. The second kappa shape index (κ2) is 10.0. The van der Waals surface area contributed by atoms with Crippen LogP contribution in [-0.2, 0) is 10.0 Å². The molecule has 0 unspecified atom stereocenters. The zero-order valence-electron chi connectivity index (χ0n) is 19.2. The van der Waals surface area contributed by atoms with Gasteiger partial charge in [-0.1, -0.05) is 6.92 Å². The van der Waals surface area contributed by atoms with Crippen LogP contribution in [0.15, 0.2) is 30.6 Å². The van der Waals surface area contributed by atoms with E-state index in [1.165, 1.54) is 21.8 Å². The quantitative estimate of drug-likeness (QED) is 0.432. The number of likely N-dealkylation sites (tertiary alicyclic amines) is 1. The molecule has 1 aliphatic rings. The van der Waals surface area contributed by atoms with Crippen LogP contribution in [0.2, 0.25) is 0 Å². The molecule has 2 amide bonds. The van der Waals surface area contributed by atoms with Gasteiger partial charge in [0.1, 0.15) is 11.4 Å². The number of fused-ring (bicyclic) bond motifs is 1. The Bertz CT molecular complexity index is 1420. The Morgan fingerprint density at radius 2 is 1.94 bits per heavy atom. The molecule has 3 heterocycles. The number of nitrogens with one attached hydrogen (secondary N) is 2. The molecule has 0 atom stereocenters. The van der Waals surface area contributed by atoms with Gasteiger partial charge in [-0.15, -0.1) is 0 Å². The van der Waals surface area contributed by atoms with Gasteiger partial charge in [0.05, 0.1) is 35.2 Å². The fraction of sp³-hybridized carbons (Fsp3) is 0.364. The molecule has 2 aromatic heterocycles. The average molecular weight is 523 g/mol. The van der Waals surface area contributed by atoms with Gasteiger partial charge in [0.15, 0.2) is 11.5 Å². The maximum Gasteiger partial charge on any atom is 0.407 e. The normalized spacial score (nSPS) is 14.7. The van der Waals surface area contributed by atoms with E-state index in [9.17, 15) is 26.8 Å². The first kappa shape index (κ1) is 25.3. The molecule has 1 aromatic carbocycles. The lowest BCUT2D eigenvalue weighted by molar-refractivity contribution is 0.101. The molecule has 3 N–H and O–H groups in total. The van der Waals surface area contributed by atoms with Crippen LogP contribution in [0.1, 0.15) is 48.2 Å². The molecule has 0 spiro atoms. The van der Waals surface area contributed by atoms with Crippen molar-refractivity contribution in [1.82, 2.24) is 19.5 Å². The van der Waals surface area contributed by atoms with Crippen molar-refractivity contribution in [3.05, 3.63) is 53.5 Å². The zero-order chi connectivity index (χ0) is 26.0. The third kappa shape index (κ3) is 5.37. The third-order valence-electron chi connectivity index (χ3n) is 5.83. The largest absolute Gasteiger partial charge is 0.465 e. The number of anilines is 2. The number of carbonyl (C=O) groups is 2. The van der Waals surface area contributed by atoms with E-state index in [1.54, 1.807) is 13.0 Å². The number of hydrogen-bond donors (Lipinski definition) is 3. The van der Waals surface area contributed by atoms with Crippen LogP contribution in [-0.4, -0.2) is 63.9 Å². The number of hydrogen-bond acceptors (Lipinski definition) is 6. The van der Waals surface area contributed by atoms with E-state index in [1.807, 2.05) is 4.72 Å². The lowest BCUT2D eigenvalue weighted by atomic mass is 9.94. The number of piperidine rings is 1. The zero-order valence-corrected chi connectivity index (χ0v) is 20.1. The number of benzene rings is 1. The van der Waals surface area contributed by atoms with Crippen LogP contribution in [0.25, 0.3) is 5.65 Å². The predicted octanol–water partition coefficient (Wildman–Crippen LogP) is 3.27. The number of nitrogens with zero attached hydrogens (tertiary/aromatic N) is 4. The molecule has 0 aliphatic carbocycles. The van der Waals surface area contributed by atoms with Crippen LogP contribution in [0.5, 0.6) is 0 Å². The highest BCUT2D eigenvalue weighted by molar-refractivity contribution is 7.92. The topological polar surface area (TPSA) is 146 Å². The maximum absolute atomic E-state index is 14.9. The summed E-state index contributed by atoms with van der Waals surface area (Å²) in [5.41, 5.74) is -0.167. The number of carbonyl (C=O) groups excluding carboxylic acids is 1. The van der Waals surface area contributed by atoms with Gasteiger partial charge in [-0.3, -0.25) is 9.52 Å². The molecule has 4 rings (SSSR count). The highest BCUT2D eigenvalue weighted by atomic mass is 32.2. The van der Waals surface area contributed by atoms with Gasteiger partial charge in [-0.2, -0.15) is 5.10 Å². The van der Waals surface area contributed by atoms with Crippen LogP contribution in [0.3, 0.4) is 0 Å². The van der Waals surface area contributed by atoms with Crippen molar-refractivity contribution in [2.75, 3.05) is 28.9 Å². The fourth-order valence-electron chi connectivity index (χ4n) is 4.05. The minimum atomic E-state index is -3.86. The average Bonchev–Trinajstić information content (AvgIpc) is 3.24. The summed E-state index contributed by atoms with van der Waals surface area (Å²) in [6.45, 7) is 2.43. The summed E-state index contributed by atoms with van der Waals surface area (Å²) in [4.78, 5) is 29.4. The second-order valence-electron chi connectivity index (χ2n) is 8.42. The van der Waals surface area contributed by atoms with E-state index in [0.717, 1.165) is 17.8 Å². The molecule has 3 aromatic rings. The van der Waals surface area contributed by atoms with Gasteiger partial charge in [0, 0.05) is 25.1 Å². The first-order chi connectivity index (χ1) is 17.1. The molecular weight excluding hydrogens is 498 g/mol. The summed E-state index contributed by atoms with van der Waals surface area (Å²) in [5, 5.41) is 15.9. The smallest absolute Gasteiger partial charge is 0.407 e. The Kier molecular flexibility index (Phi) is 7.06. The number of amides is 2. The van der Waals surface area contributed by atoms with Crippen molar-refractivity contribution >= 4 is 39.0 Å². The summed E-state index contributed by atoms with van der Waals surface area (Å²) in [7, 11) is -3.86. The molecule has 1 fully saturated rings. The minimum absolute atomic E-state index is 0.0442. The molecule has 11 nitrogen and oxygen atoms in total. The summed E-state index contributed by atoms with van der Waals surface area (Å²) < 4.78 is 56.6. The molecule has 36 heavy (non-hydrogen) atoms. The van der Waals surface area contributed by atoms with E-state index in [2.05, 4.69) is 15.4 Å². The number of carboxylic acid groups (broad SMARTS) is 1. The summed E-state index contributed by atoms with van der Waals surface area (Å²) in [6, 6.07) is 3.48. The lowest BCUT2D eigenvalue weighted by Gasteiger charge is -2.28. The Labute approximate surface area is 205 Å². The molecule has 14 heteroatoms. The molecule has 192 valence electrons. The molecule has 1 aliphatic heterocycles. The van der Waals surface area contributed by atoms with Crippen molar-refractivity contribution in [2.24, 2.45) is 0 Å². The number of aromatic nitrogens is 3. The molecule has 0 saturated carbocycles. The van der Waals surface area contributed by atoms with E-state index in [4.69, 9.17) is 5.11 Å². The SMILES string of the molecule is CCCS(=O)(=O)Nc1ccc(F)c(C(=O)Nc2cnc3cc(C4CCN(C(=O)O)CC4)nn3c2)c1F. The van der Waals surface area contributed by atoms with Crippen LogP contribution < -0.4 is 10.0 Å². The van der Waals surface area contributed by atoms with Crippen molar-refractivity contribution in [2.45, 2.75) is 32.1 Å². The molecule has 0 radical (unpaired) electrons. The van der Waals surface area contributed by atoms with Gasteiger partial charge in [0.2, 0.25) is 10.0 Å². The lowest BCUT2D eigenvalue weighted by Crippen LogP contribution is -2.36. The molecule has 1 saturated heterocycles. The summed E-state index contributed by atoms with van der Waals surface area (Å²) >= 11 is 0. The fourth-order valence-corrected chi connectivity index (χ4v) is 5.18. The second-order valence-corrected chi connectivity index (χ2v) is 10.3. The van der Waals surface area contributed by atoms with E-state index in [-0.39, 0.29) is 23.8 Å². The first-order valence-electron chi connectivity index (χ1n) is 11.2. The van der Waals surface area contributed by atoms with Gasteiger partial charge in [0.25, 0.3) is 5.91 Å². The standard InChI is InChI=1S/C22H24F2N6O5S/c1-2-9-36(34,35)28-16-4-3-15(23)19(20(16)24)21(31)26-14-11-25-18-10-17(27-30(18)12-14)13-5-7-29(8-6-13)22(32)33/h3-4,10-13,28H,2,5-9H2,1H3,(H,26,31)(H,32,33). The summed E-state index contributed by atoms with van der Waals surface area (Å²) in [6.07, 6.45) is 3.28. The van der Waals surface area contributed by atoms with Crippen LogP contribution in [0, 0.1) is 11.6 Å². The van der Waals surface area contributed by atoms with Gasteiger partial charge in [-0.25, -0.2) is 31.5 Å². The van der Waals surface area contributed by atoms with Crippen molar-refractivity contribution < 1.29 is 31.9 Å². The highest BCUT2D eigenvalue weighted by Crippen LogP contribution is 2.28. The third-order valence-corrected chi connectivity index (χ3v) is 7.31. The monoisotopic (exact) mass is 522 g/mol. The molecular formula is C22H24F2N6O5S. The van der Waals surface area contributed by atoms with E-state index < -0.39 is 44.9 Å². The number of halogens is 2. The van der Waals surface area contributed by atoms with Gasteiger partial charge >= 0.3 is 6.09 Å². The van der Waals surface area contributed by atoms with Crippen LogP contribution in [0.4, 0.5) is 25.0 Å². The van der Waals surface area contributed by atoms with E-state index in [0.29, 0.717) is 31.6 Å². The van der Waals surface area contributed by atoms with Crippen LogP contribution >= 0.6 is 0 Å². The highest BCUT2D eigenvalue weighted by Gasteiger charge is 2.26. The minimum Gasteiger partial charge on any atom is -0.465 e. The first-order valence-corrected chi connectivity index (χ1v) is 12.9. The van der Waals surface area contributed by atoms with Crippen molar-refractivity contribution in [1.29, 1.82) is 0 Å². The summed E-state index contributed by atoms with van der Waals surface area (Å²) in [5.74, 6) is -3.85.